The van der Waals surface area contributed by atoms with E-state index in [0.717, 1.165) is 47.6 Å². The van der Waals surface area contributed by atoms with Gasteiger partial charge in [-0.25, -0.2) is 4.98 Å². The van der Waals surface area contributed by atoms with Gasteiger partial charge in [-0.1, -0.05) is 41.6 Å². The topological polar surface area (TPSA) is 61.9 Å². The van der Waals surface area contributed by atoms with Gasteiger partial charge in [0.1, 0.15) is 0 Å². The molecule has 0 bridgehead atoms. The van der Waals surface area contributed by atoms with E-state index in [-0.39, 0.29) is 5.56 Å². The van der Waals surface area contributed by atoms with Crippen molar-refractivity contribution in [1.82, 2.24) is 19.9 Å². The maximum absolute atomic E-state index is 12.3. The molecule has 0 spiro atoms. The first-order chi connectivity index (χ1) is 13.1. The van der Waals surface area contributed by atoms with Crippen LogP contribution >= 0.6 is 23.4 Å². The summed E-state index contributed by atoms with van der Waals surface area (Å²) in [5.41, 5.74) is 4.70. The van der Waals surface area contributed by atoms with Crippen molar-refractivity contribution in [2.75, 3.05) is 12.8 Å². The highest BCUT2D eigenvalue weighted by Crippen LogP contribution is 2.22. The summed E-state index contributed by atoms with van der Waals surface area (Å²) in [6.45, 7) is 2.25. The molecule has 0 saturated carbocycles. The number of hydrogen-bond donors (Lipinski definition) is 1. The van der Waals surface area contributed by atoms with Crippen molar-refractivity contribution in [3.05, 3.63) is 74.8 Å². The molecule has 1 aliphatic rings. The van der Waals surface area contributed by atoms with Gasteiger partial charge in [0.05, 0.1) is 17.0 Å². The molecular formula is C20H19ClN4OS. The molecule has 4 rings (SSSR count). The number of fused-ring (bicyclic) bond motifs is 1. The van der Waals surface area contributed by atoms with Crippen LogP contribution in [0.5, 0.6) is 0 Å². The average Bonchev–Trinajstić information content (AvgIpc) is 2.69. The van der Waals surface area contributed by atoms with Crippen LogP contribution in [0.1, 0.15) is 16.8 Å². The lowest BCUT2D eigenvalue weighted by molar-refractivity contribution is 0.240. The zero-order valence-corrected chi connectivity index (χ0v) is 16.5. The monoisotopic (exact) mass is 398 g/mol. The highest BCUT2D eigenvalue weighted by molar-refractivity contribution is 7.98. The van der Waals surface area contributed by atoms with Crippen LogP contribution in [0.15, 0.2) is 52.5 Å². The summed E-state index contributed by atoms with van der Waals surface area (Å²) < 4.78 is 0. The molecule has 0 fully saturated rings. The molecule has 0 radical (unpaired) electrons. The van der Waals surface area contributed by atoms with Gasteiger partial charge in [0, 0.05) is 42.8 Å². The average molecular weight is 399 g/mol. The smallest absolute Gasteiger partial charge is 0.256 e. The van der Waals surface area contributed by atoms with Gasteiger partial charge in [0.2, 0.25) is 0 Å². The third kappa shape index (κ3) is 4.08. The third-order valence-corrected chi connectivity index (χ3v) is 5.49. The van der Waals surface area contributed by atoms with Crippen LogP contribution in [0.3, 0.4) is 0 Å². The summed E-state index contributed by atoms with van der Waals surface area (Å²) in [5, 5.41) is 1.39. The predicted molar refractivity (Wildman–Crippen MR) is 109 cm³/mol. The van der Waals surface area contributed by atoms with Gasteiger partial charge in [0.15, 0.2) is 5.16 Å². The Bertz CT molecular complexity index is 1020. The number of rotatable bonds is 4. The lowest BCUT2D eigenvalue weighted by Crippen LogP contribution is -2.35. The van der Waals surface area contributed by atoms with Crippen molar-refractivity contribution >= 4 is 23.4 Å². The van der Waals surface area contributed by atoms with Crippen LogP contribution < -0.4 is 5.56 Å². The summed E-state index contributed by atoms with van der Waals surface area (Å²) in [4.78, 5) is 26.5. The van der Waals surface area contributed by atoms with E-state index >= 15 is 0 Å². The maximum atomic E-state index is 12.3. The van der Waals surface area contributed by atoms with Crippen LogP contribution in [0.25, 0.3) is 11.3 Å². The van der Waals surface area contributed by atoms with Crippen LogP contribution in [0.2, 0.25) is 5.02 Å². The fraction of sp³-hybridized carbons (Fsp3) is 0.250. The predicted octanol–water partition coefficient (Wildman–Crippen LogP) is 3.77. The first-order valence-corrected chi connectivity index (χ1v) is 10.3. The van der Waals surface area contributed by atoms with E-state index in [1.807, 2.05) is 42.8 Å². The first-order valence-electron chi connectivity index (χ1n) is 8.71. The molecule has 2 aromatic heterocycles. The van der Waals surface area contributed by atoms with E-state index in [4.69, 9.17) is 11.6 Å². The summed E-state index contributed by atoms with van der Waals surface area (Å²) in [7, 11) is 0. The Morgan fingerprint density at radius 1 is 1.30 bits per heavy atom. The van der Waals surface area contributed by atoms with Gasteiger partial charge >= 0.3 is 0 Å². The Morgan fingerprint density at radius 2 is 2.19 bits per heavy atom. The van der Waals surface area contributed by atoms with Crippen molar-refractivity contribution in [3.63, 3.8) is 0 Å². The van der Waals surface area contributed by atoms with E-state index in [1.54, 1.807) is 0 Å². The summed E-state index contributed by atoms with van der Waals surface area (Å²) in [5.74, 6) is 0. The van der Waals surface area contributed by atoms with Crippen LogP contribution in [0, 0.1) is 0 Å². The Kier molecular flexibility index (Phi) is 5.29. The molecule has 1 aromatic carbocycles. The molecule has 0 saturated heterocycles. The number of thioether (sulfide) groups is 1. The second-order valence-corrected chi connectivity index (χ2v) is 7.75. The zero-order valence-electron chi connectivity index (χ0n) is 14.9. The molecule has 3 aromatic rings. The molecule has 0 amide bonds. The van der Waals surface area contributed by atoms with E-state index in [9.17, 15) is 4.79 Å². The molecule has 27 heavy (non-hydrogen) atoms. The van der Waals surface area contributed by atoms with E-state index in [2.05, 4.69) is 25.9 Å². The molecule has 3 heterocycles. The van der Waals surface area contributed by atoms with Crippen molar-refractivity contribution < 1.29 is 0 Å². The van der Waals surface area contributed by atoms with Crippen LogP contribution in [-0.2, 0) is 19.5 Å². The Labute approximate surface area is 166 Å². The van der Waals surface area contributed by atoms with Crippen molar-refractivity contribution in [2.24, 2.45) is 0 Å². The normalized spacial score (nSPS) is 14.1. The van der Waals surface area contributed by atoms with Crippen molar-refractivity contribution in [3.8, 4) is 11.3 Å². The summed E-state index contributed by atoms with van der Waals surface area (Å²) in [6, 6.07) is 11.8. The molecule has 0 aliphatic carbocycles. The zero-order chi connectivity index (χ0) is 18.8. The summed E-state index contributed by atoms with van der Waals surface area (Å²) in [6.07, 6.45) is 4.60. The molecule has 7 heteroatoms. The van der Waals surface area contributed by atoms with Crippen LogP contribution in [-0.4, -0.2) is 32.7 Å². The number of nitrogens with one attached hydrogen (secondary N) is 1. The maximum Gasteiger partial charge on any atom is 0.256 e. The first kappa shape index (κ1) is 18.2. The molecule has 5 nitrogen and oxygen atoms in total. The minimum atomic E-state index is -0.0246. The Balaban J connectivity index is 1.48. The number of nitrogens with zero attached hydrogens (tertiary/aromatic N) is 3. The third-order valence-electron chi connectivity index (χ3n) is 4.67. The number of halogens is 1. The Hall–Kier alpha value is -2.15. The second kappa shape index (κ2) is 7.84. The number of aromatic nitrogens is 3. The lowest BCUT2D eigenvalue weighted by atomic mass is 10.1. The fourth-order valence-electron chi connectivity index (χ4n) is 3.28. The second-order valence-electron chi connectivity index (χ2n) is 6.52. The summed E-state index contributed by atoms with van der Waals surface area (Å²) >= 11 is 7.52. The molecule has 138 valence electrons. The minimum absolute atomic E-state index is 0.0246. The molecular weight excluding hydrogens is 380 g/mol. The van der Waals surface area contributed by atoms with Crippen LogP contribution in [0.4, 0.5) is 0 Å². The van der Waals surface area contributed by atoms with Gasteiger partial charge in [-0.05, 0) is 30.0 Å². The highest BCUT2D eigenvalue weighted by Gasteiger charge is 2.21. The quantitative estimate of drug-likeness (QED) is 0.535. The SMILES string of the molecule is CSc1nc2c(c(=O)[nH]1)CN(Cc1ccc(-c3cccc(Cl)c3)nc1)CC2. The molecule has 1 N–H and O–H groups in total. The standard InChI is InChI=1S/C20H19ClN4OS/c1-27-20-23-18-7-8-25(12-16(18)19(26)24-20)11-13-5-6-17(22-10-13)14-3-2-4-15(21)9-14/h2-6,9-10H,7-8,11-12H2,1H3,(H,23,24,26). The number of benzene rings is 1. The van der Waals surface area contributed by atoms with Gasteiger partial charge in [-0.3, -0.25) is 14.7 Å². The number of H-pyrrole nitrogens is 1. The number of aromatic amines is 1. The number of pyridine rings is 1. The van der Waals surface area contributed by atoms with Gasteiger partial charge in [-0.2, -0.15) is 0 Å². The largest absolute Gasteiger partial charge is 0.301 e. The van der Waals surface area contributed by atoms with E-state index in [1.165, 1.54) is 11.8 Å². The molecule has 1 aliphatic heterocycles. The number of hydrogen-bond acceptors (Lipinski definition) is 5. The van der Waals surface area contributed by atoms with Gasteiger partial charge in [-0.15, -0.1) is 0 Å². The van der Waals surface area contributed by atoms with Crippen molar-refractivity contribution in [1.29, 1.82) is 0 Å². The minimum Gasteiger partial charge on any atom is -0.301 e. The highest BCUT2D eigenvalue weighted by atomic mass is 35.5. The molecule has 0 atom stereocenters. The fourth-order valence-corrected chi connectivity index (χ4v) is 3.87. The van der Waals surface area contributed by atoms with Gasteiger partial charge < -0.3 is 4.98 Å². The Morgan fingerprint density at radius 3 is 2.93 bits per heavy atom. The van der Waals surface area contributed by atoms with Crippen molar-refractivity contribution in [2.45, 2.75) is 24.7 Å². The van der Waals surface area contributed by atoms with E-state index < -0.39 is 0 Å². The molecule has 0 unspecified atom stereocenters. The lowest BCUT2D eigenvalue weighted by Gasteiger charge is -2.27. The van der Waals surface area contributed by atoms with E-state index in [0.29, 0.717) is 16.7 Å². The van der Waals surface area contributed by atoms with Gasteiger partial charge in [0.25, 0.3) is 5.56 Å².